The Labute approximate surface area is 119 Å². The van der Waals surface area contributed by atoms with Gasteiger partial charge in [-0.3, -0.25) is 4.90 Å². The third kappa shape index (κ3) is 2.87. The summed E-state index contributed by atoms with van der Waals surface area (Å²) >= 11 is 0. The first-order valence-corrected chi connectivity index (χ1v) is 7.58. The zero-order valence-electron chi connectivity index (χ0n) is 12.3. The Bertz CT molecular complexity index is 448. The quantitative estimate of drug-likeness (QED) is 0.903. The normalized spacial score (nSPS) is 32.1. The molecule has 0 amide bonds. The number of morpholine rings is 1. The lowest BCUT2D eigenvalue weighted by Gasteiger charge is -2.34. The monoisotopic (exact) mass is 280 g/mol. The van der Waals surface area contributed by atoms with Gasteiger partial charge in [0.15, 0.2) is 0 Å². The van der Waals surface area contributed by atoms with Crippen LogP contribution < -0.4 is 5.73 Å². The van der Waals surface area contributed by atoms with E-state index in [1.807, 2.05) is 0 Å². The molecule has 6 heteroatoms. The van der Waals surface area contributed by atoms with Crippen molar-refractivity contribution in [1.82, 2.24) is 15.0 Å². The summed E-state index contributed by atoms with van der Waals surface area (Å²) in [5.41, 5.74) is 5.94. The molecule has 1 aromatic heterocycles. The van der Waals surface area contributed by atoms with Gasteiger partial charge in [-0.1, -0.05) is 5.16 Å². The van der Waals surface area contributed by atoms with E-state index in [1.54, 1.807) is 0 Å². The standard InChI is InChI=1S/C14H24N4O2/c1-9(2)18-5-6-19-12(8-18)13-16-14(20-17-13)10-3-4-11(15)7-10/h9-12H,3-8,15H2,1-2H3/t10-,11+,12?/m1/s1. The number of hydrogen-bond acceptors (Lipinski definition) is 6. The largest absolute Gasteiger partial charge is 0.367 e. The Kier molecular flexibility index (Phi) is 4.05. The molecule has 0 spiro atoms. The Balaban J connectivity index is 1.67. The zero-order chi connectivity index (χ0) is 14.1. The van der Waals surface area contributed by atoms with E-state index in [2.05, 4.69) is 28.9 Å². The van der Waals surface area contributed by atoms with Gasteiger partial charge in [0, 0.05) is 31.1 Å². The van der Waals surface area contributed by atoms with Crippen molar-refractivity contribution >= 4 is 0 Å². The van der Waals surface area contributed by atoms with Gasteiger partial charge in [0.25, 0.3) is 0 Å². The molecule has 112 valence electrons. The van der Waals surface area contributed by atoms with Gasteiger partial charge in [0.05, 0.1) is 6.61 Å². The van der Waals surface area contributed by atoms with Crippen LogP contribution in [-0.2, 0) is 4.74 Å². The highest BCUT2D eigenvalue weighted by molar-refractivity contribution is 5.01. The van der Waals surface area contributed by atoms with E-state index in [0.29, 0.717) is 17.8 Å². The number of nitrogens with zero attached hydrogens (tertiary/aromatic N) is 3. The first-order valence-electron chi connectivity index (χ1n) is 7.58. The van der Waals surface area contributed by atoms with E-state index in [9.17, 15) is 0 Å². The van der Waals surface area contributed by atoms with Crippen LogP contribution in [0.1, 0.15) is 56.8 Å². The van der Waals surface area contributed by atoms with Crippen molar-refractivity contribution < 1.29 is 9.26 Å². The molecule has 1 saturated heterocycles. The fourth-order valence-corrected chi connectivity index (χ4v) is 3.08. The van der Waals surface area contributed by atoms with E-state index >= 15 is 0 Å². The minimum atomic E-state index is -0.0706. The molecule has 1 unspecified atom stereocenters. The van der Waals surface area contributed by atoms with Crippen LogP contribution >= 0.6 is 0 Å². The minimum Gasteiger partial charge on any atom is -0.367 e. The van der Waals surface area contributed by atoms with E-state index in [-0.39, 0.29) is 12.1 Å². The molecule has 1 aromatic rings. The summed E-state index contributed by atoms with van der Waals surface area (Å²) in [4.78, 5) is 6.94. The van der Waals surface area contributed by atoms with Crippen LogP contribution in [0, 0.1) is 0 Å². The highest BCUT2D eigenvalue weighted by Gasteiger charge is 2.31. The molecule has 1 aliphatic heterocycles. The SMILES string of the molecule is CC(C)N1CCOC(c2noc([C@@H]3CC[C@H](N)C3)n2)C1. The van der Waals surface area contributed by atoms with E-state index in [0.717, 1.165) is 44.8 Å². The third-order valence-corrected chi connectivity index (χ3v) is 4.40. The van der Waals surface area contributed by atoms with Crippen LogP contribution in [0.2, 0.25) is 0 Å². The van der Waals surface area contributed by atoms with Crippen LogP contribution in [0.4, 0.5) is 0 Å². The fraction of sp³-hybridized carbons (Fsp3) is 0.857. The van der Waals surface area contributed by atoms with Crippen LogP contribution in [-0.4, -0.2) is 46.8 Å². The highest BCUT2D eigenvalue weighted by Crippen LogP contribution is 2.33. The first-order chi connectivity index (χ1) is 9.63. The van der Waals surface area contributed by atoms with Gasteiger partial charge in [0.2, 0.25) is 11.7 Å². The van der Waals surface area contributed by atoms with Crippen LogP contribution in [0.25, 0.3) is 0 Å². The molecule has 0 aromatic carbocycles. The molecule has 2 N–H and O–H groups in total. The lowest BCUT2D eigenvalue weighted by atomic mass is 10.1. The smallest absolute Gasteiger partial charge is 0.229 e. The Morgan fingerprint density at radius 3 is 2.90 bits per heavy atom. The number of nitrogens with two attached hydrogens (primary N) is 1. The van der Waals surface area contributed by atoms with E-state index in [1.165, 1.54) is 0 Å². The Morgan fingerprint density at radius 2 is 2.20 bits per heavy atom. The number of rotatable bonds is 3. The van der Waals surface area contributed by atoms with Crippen LogP contribution in [0.15, 0.2) is 4.52 Å². The predicted octanol–water partition coefficient (Wildman–Crippen LogP) is 1.45. The fourth-order valence-electron chi connectivity index (χ4n) is 3.08. The second-order valence-electron chi connectivity index (χ2n) is 6.21. The molecule has 0 radical (unpaired) electrons. The average Bonchev–Trinajstić information content (AvgIpc) is 3.07. The van der Waals surface area contributed by atoms with Crippen molar-refractivity contribution in [3.8, 4) is 0 Å². The summed E-state index contributed by atoms with van der Waals surface area (Å²) in [5, 5.41) is 4.12. The number of ether oxygens (including phenoxy) is 1. The number of hydrogen-bond donors (Lipinski definition) is 1. The van der Waals surface area contributed by atoms with Gasteiger partial charge >= 0.3 is 0 Å². The summed E-state index contributed by atoms with van der Waals surface area (Å²) < 4.78 is 11.2. The summed E-state index contributed by atoms with van der Waals surface area (Å²) in [5.74, 6) is 1.75. The summed E-state index contributed by atoms with van der Waals surface area (Å²) in [6.45, 7) is 6.92. The first kappa shape index (κ1) is 14.0. The second-order valence-corrected chi connectivity index (χ2v) is 6.21. The van der Waals surface area contributed by atoms with Crippen LogP contribution in [0.3, 0.4) is 0 Å². The molecular formula is C14H24N4O2. The van der Waals surface area contributed by atoms with Gasteiger partial charge in [-0.2, -0.15) is 4.98 Å². The van der Waals surface area contributed by atoms with Gasteiger partial charge in [-0.25, -0.2) is 0 Å². The lowest BCUT2D eigenvalue weighted by Crippen LogP contribution is -2.42. The van der Waals surface area contributed by atoms with Crippen molar-refractivity contribution in [3.63, 3.8) is 0 Å². The van der Waals surface area contributed by atoms with Crippen molar-refractivity contribution in [3.05, 3.63) is 11.7 Å². The lowest BCUT2D eigenvalue weighted by molar-refractivity contribution is -0.0450. The molecule has 0 bridgehead atoms. The maximum atomic E-state index is 5.94. The third-order valence-electron chi connectivity index (χ3n) is 4.40. The number of aromatic nitrogens is 2. The molecule has 1 saturated carbocycles. The molecule has 20 heavy (non-hydrogen) atoms. The molecule has 3 rings (SSSR count). The molecule has 2 heterocycles. The molecule has 2 aliphatic rings. The Morgan fingerprint density at radius 1 is 1.35 bits per heavy atom. The molecule has 2 fully saturated rings. The van der Waals surface area contributed by atoms with E-state index < -0.39 is 0 Å². The van der Waals surface area contributed by atoms with Crippen molar-refractivity contribution in [1.29, 1.82) is 0 Å². The summed E-state index contributed by atoms with van der Waals surface area (Å²) in [7, 11) is 0. The average molecular weight is 280 g/mol. The highest BCUT2D eigenvalue weighted by atomic mass is 16.5. The van der Waals surface area contributed by atoms with Gasteiger partial charge in [-0.15, -0.1) is 0 Å². The molecule has 6 nitrogen and oxygen atoms in total. The summed E-state index contributed by atoms with van der Waals surface area (Å²) in [6, 6.07) is 0.790. The van der Waals surface area contributed by atoms with Gasteiger partial charge < -0.3 is 15.0 Å². The van der Waals surface area contributed by atoms with Crippen molar-refractivity contribution in [2.45, 2.75) is 57.2 Å². The Hall–Kier alpha value is -0.980. The molecule has 3 atom stereocenters. The van der Waals surface area contributed by atoms with Crippen molar-refractivity contribution in [2.24, 2.45) is 5.73 Å². The van der Waals surface area contributed by atoms with E-state index in [4.69, 9.17) is 15.0 Å². The summed E-state index contributed by atoms with van der Waals surface area (Å²) in [6.07, 6.45) is 2.97. The molecule has 1 aliphatic carbocycles. The topological polar surface area (TPSA) is 77.4 Å². The predicted molar refractivity (Wildman–Crippen MR) is 74.3 cm³/mol. The maximum absolute atomic E-state index is 5.94. The van der Waals surface area contributed by atoms with Gasteiger partial charge in [-0.05, 0) is 33.1 Å². The second kappa shape index (κ2) is 5.79. The zero-order valence-corrected chi connectivity index (χ0v) is 12.3. The van der Waals surface area contributed by atoms with Gasteiger partial charge in [0.1, 0.15) is 6.10 Å². The molecular weight excluding hydrogens is 256 g/mol. The maximum Gasteiger partial charge on any atom is 0.229 e. The minimum absolute atomic E-state index is 0.0706. The van der Waals surface area contributed by atoms with Crippen molar-refractivity contribution in [2.75, 3.05) is 19.7 Å². The van der Waals surface area contributed by atoms with Crippen LogP contribution in [0.5, 0.6) is 0 Å².